The number of carbonyl (C=O) groups is 2. The summed E-state index contributed by atoms with van der Waals surface area (Å²) in [5, 5.41) is 6.86. The zero-order valence-corrected chi connectivity index (χ0v) is 14.7. The highest BCUT2D eigenvalue weighted by atomic mass is 16.2. The standard InChI is InChI=1S/C21H21N3O2/c1-24-18-8-7-15(13-17(18)16-10-12-23-21(26)19(16)24)20(25)22-11-9-14-5-3-2-4-6-14/h2-8,13H,9-12H2,1H3,(H,22,25)(H,23,26). The zero-order valence-electron chi connectivity index (χ0n) is 14.7. The molecule has 5 heteroatoms. The molecule has 0 radical (unpaired) electrons. The van der Waals surface area contributed by atoms with Crippen LogP contribution < -0.4 is 10.6 Å². The predicted molar refractivity (Wildman–Crippen MR) is 101 cm³/mol. The molecule has 0 aliphatic carbocycles. The van der Waals surface area contributed by atoms with Crippen LogP contribution in [0.3, 0.4) is 0 Å². The first-order valence-electron chi connectivity index (χ1n) is 8.87. The van der Waals surface area contributed by atoms with Crippen molar-refractivity contribution in [2.24, 2.45) is 7.05 Å². The van der Waals surface area contributed by atoms with Crippen molar-refractivity contribution in [2.75, 3.05) is 13.1 Å². The zero-order chi connectivity index (χ0) is 18.1. The molecule has 0 saturated heterocycles. The third kappa shape index (κ3) is 2.86. The monoisotopic (exact) mass is 347 g/mol. The van der Waals surface area contributed by atoms with E-state index in [1.165, 1.54) is 5.56 Å². The van der Waals surface area contributed by atoms with E-state index in [0.717, 1.165) is 29.3 Å². The minimum Gasteiger partial charge on any atom is -0.352 e. The molecule has 1 aromatic heterocycles. The van der Waals surface area contributed by atoms with Crippen molar-refractivity contribution < 1.29 is 9.59 Å². The average Bonchev–Trinajstić information content (AvgIpc) is 2.96. The van der Waals surface area contributed by atoms with Crippen molar-refractivity contribution in [1.29, 1.82) is 0 Å². The average molecular weight is 347 g/mol. The molecule has 2 heterocycles. The van der Waals surface area contributed by atoms with Gasteiger partial charge >= 0.3 is 0 Å². The van der Waals surface area contributed by atoms with Gasteiger partial charge in [-0.1, -0.05) is 30.3 Å². The maximum Gasteiger partial charge on any atom is 0.268 e. The van der Waals surface area contributed by atoms with Crippen molar-refractivity contribution in [3.05, 3.63) is 70.9 Å². The molecule has 4 rings (SSSR count). The van der Waals surface area contributed by atoms with Gasteiger partial charge in [0.05, 0.1) is 0 Å². The molecular formula is C21H21N3O2. The highest BCUT2D eigenvalue weighted by Gasteiger charge is 2.24. The molecule has 0 spiro atoms. The highest BCUT2D eigenvalue weighted by Crippen LogP contribution is 2.28. The van der Waals surface area contributed by atoms with Gasteiger partial charge < -0.3 is 15.2 Å². The van der Waals surface area contributed by atoms with Crippen molar-refractivity contribution in [2.45, 2.75) is 12.8 Å². The Kier molecular flexibility index (Phi) is 4.21. The van der Waals surface area contributed by atoms with Crippen LogP contribution in [0.25, 0.3) is 10.9 Å². The lowest BCUT2D eigenvalue weighted by Gasteiger charge is -2.14. The topological polar surface area (TPSA) is 63.1 Å². The normalized spacial score (nSPS) is 13.3. The van der Waals surface area contributed by atoms with Crippen molar-refractivity contribution in [3.63, 3.8) is 0 Å². The second kappa shape index (κ2) is 6.67. The molecule has 132 valence electrons. The summed E-state index contributed by atoms with van der Waals surface area (Å²) in [7, 11) is 1.89. The Bertz CT molecular complexity index is 989. The number of hydrogen-bond acceptors (Lipinski definition) is 2. The first-order valence-corrected chi connectivity index (χ1v) is 8.87. The predicted octanol–water partition coefficient (Wildman–Crippen LogP) is 2.44. The van der Waals surface area contributed by atoms with Gasteiger partial charge in [-0.15, -0.1) is 0 Å². The Morgan fingerprint density at radius 2 is 2.00 bits per heavy atom. The fraction of sp³-hybridized carbons (Fsp3) is 0.238. The van der Waals surface area contributed by atoms with Crippen molar-refractivity contribution in [3.8, 4) is 0 Å². The molecule has 2 N–H and O–H groups in total. The molecule has 2 amide bonds. The van der Waals surface area contributed by atoms with Crippen LogP contribution in [0.4, 0.5) is 0 Å². The third-order valence-electron chi connectivity index (χ3n) is 4.98. The molecule has 1 aliphatic rings. The number of nitrogens with one attached hydrogen (secondary N) is 2. The van der Waals surface area contributed by atoms with E-state index in [0.29, 0.717) is 24.3 Å². The molecule has 0 unspecified atom stereocenters. The Hall–Kier alpha value is -3.08. The van der Waals surface area contributed by atoms with Crippen LogP contribution in [0.5, 0.6) is 0 Å². The fourth-order valence-corrected chi connectivity index (χ4v) is 3.66. The van der Waals surface area contributed by atoms with Gasteiger partial charge in [-0.2, -0.15) is 0 Å². The summed E-state index contributed by atoms with van der Waals surface area (Å²) < 4.78 is 1.91. The lowest BCUT2D eigenvalue weighted by atomic mass is 10.0. The van der Waals surface area contributed by atoms with E-state index in [-0.39, 0.29) is 11.8 Å². The van der Waals surface area contributed by atoms with Gasteiger partial charge in [-0.05, 0) is 42.2 Å². The van der Waals surface area contributed by atoms with E-state index in [1.807, 2.05) is 48.0 Å². The number of amides is 2. The van der Waals surface area contributed by atoms with Gasteiger partial charge in [0, 0.05) is 36.6 Å². The molecule has 3 aromatic rings. The molecule has 0 fully saturated rings. The van der Waals surface area contributed by atoms with Crippen LogP contribution in [0.15, 0.2) is 48.5 Å². The van der Waals surface area contributed by atoms with Crippen molar-refractivity contribution >= 4 is 22.7 Å². The highest BCUT2D eigenvalue weighted by molar-refractivity contribution is 6.05. The first-order chi connectivity index (χ1) is 12.6. The SMILES string of the molecule is Cn1c2c(c3cc(C(=O)NCCc4ccccc4)ccc31)CCNC2=O. The lowest BCUT2D eigenvalue weighted by Crippen LogP contribution is -2.32. The van der Waals surface area contributed by atoms with Crippen LogP contribution in [0, 0.1) is 0 Å². The summed E-state index contributed by atoms with van der Waals surface area (Å²) in [5.74, 6) is -0.125. The first kappa shape index (κ1) is 16.4. The van der Waals surface area contributed by atoms with Gasteiger partial charge in [-0.3, -0.25) is 9.59 Å². The number of fused-ring (bicyclic) bond motifs is 3. The summed E-state index contributed by atoms with van der Waals surface area (Å²) in [4.78, 5) is 24.7. The minimum atomic E-state index is -0.0827. The molecule has 2 aromatic carbocycles. The van der Waals surface area contributed by atoms with Gasteiger partial charge in [0.1, 0.15) is 5.69 Å². The second-order valence-corrected chi connectivity index (χ2v) is 6.62. The Balaban J connectivity index is 1.55. The smallest absolute Gasteiger partial charge is 0.268 e. The van der Waals surface area contributed by atoms with E-state index in [1.54, 1.807) is 0 Å². The van der Waals surface area contributed by atoms with Gasteiger partial charge in [0.2, 0.25) is 0 Å². The maximum atomic E-state index is 12.5. The number of hydrogen-bond donors (Lipinski definition) is 2. The van der Waals surface area contributed by atoms with Crippen LogP contribution in [-0.2, 0) is 19.9 Å². The van der Waals surface area contributed by atoms with E-state index < -0.39 is 0 Å². The number of carbonyl (C=O) groups excluding carboxylic acids is 2. The fourth-order valence-electron chi connectivity index (χ4n) is 3.66. The van der Waals surface area contributed by atoms with Crippen LogP contribution in [0.1, 0.15) is 32.0 Å². The van der Waals surface area contributed by atoms with E-state index in [4.69, 9.17) is 0 Å². The maximum absolute atomic E-state index is 12.5. The molecule has 5 nitrogen and oxygen atoms in total. The quantitative estimate of drug-likeness (QED) is 0.761. The number of nitrogens with zero attached hydrogens (tertiary/aromatic N) is 1. The van der Waals surface area contributed by atoms with E-state index in [9.17, 15) is 9.59 Å². The summed E-state index contributed by atoms with van der Waals surface area (Å²) in [5.41, 5.74) is 4.54. The largest absolute Gasteiger partial charge is 0.352 e. The summed E-state index contributed by atoms with van der Waals surface area (Å²) in [6, 6.07) is 15.7. The summed E-state index contributed by atoms with van der Waals surface area (Å²) in [6.45, 7) is 1.23. The summed E-state index contributed by atoms with van der Waals surface area (Å²) in [6.07, 6.45) is 1.59. The Morgan fingerprint density at radius 1 is 1.19 bits per heavy atom. The van der Waals surface area contributed by atoms with Crippen LogP contribution in [-0.4, -0.2) is 29.5 Å². The van der Waals surface area contributed by atoms with Gasteiger partial charge in [-0.25, -0.2) is 0 Å². The molecule has 0 saturated carbocycles. The third-order valence-corrected chi connectivity index (χ3v) is 4.98. The lowest BCUT2D eigenvalue weighted by molar-refractivity contribution is 0.0934. The van der Waals surface area contributed by atoms with Crippen LogP contribution in [0.2, 0.25) is 0 Å². The molecule has 0 bridgehead atoms. The number of aromatic nitrogens is 1. The number of benzene rings is 2. The van der Waals surface area contributed by atoms with E-state index in [2.05, 4.69) is 22.8 Å². The molecule has 26 heavy (non-hydrogen) atoms. The Labute approximate surface area is 152 Å². The summed E-state index contributed by atoms with van der Waals surface area (Å²) >= 11 is 0. The molecular weight excluding hydrogens is 326 g/mol. The van der Waals surface area contributed by atoms with E-state index >= 15 is 0 Å². The molecule has 0 atom stereocenters. The molecule has 1 aliphatic heterocycles. The number of rotatable bonds is 4. The van der Waals surface area contributed by atoms with Crippen molar-refractivity contribution in [1.82, 2.24) is 15.2 Å². The Morgan fingerprint density at radius 3 is 2.81 bits per heavy atom. The minimum absolute atomic E-state index is 0.0428. The van der Waals surface area contributed by atoms with Gasteiger partial charge in [0.25, 0.3) is 11.8 Å². The van der Waals surface area contributed by atoms with Crippen LogP contribution >= 0.6 is 0 Å². The van der Waals surface area contributed by atoms with Gasteiger partial charge in [0.15, 0.2) is 0 Å². The second-order valence-electron chi connectivity index (χ2n) is 6.62. The number of aryl methyl sites for hydroxylation is 1.